The molecule has 0 aliphatic carbocycles. The van der Waals surface area contributed by atoms with Crippen LogP contribution in [0.5, 0.6) is 0 Å². The number of nitrogens with zero attached hydrogens (tertiary/aromatic N) is 3. The van der Waals surface area contributed by atoms with E-state index in [-0.39, 0.29) is 31.1 Å². The van der Waals surface area contributed by atoms with Crippen molar-refractivity contribution in [1.82, 2.24) is 19.5 Å². The summed E-state index contributed by atoms with van der Waals surface area (Å²) in [6, 6.07) is 3.74. The van der Waals surface area contributed by atoms with Crippen LogP contribution >= 0.6 is 0 Å². The van der Waals surface area contributed by atoms with E-state index in [1.807, 2.05) is 26.0 Å². The van der Waals surface area contributed by atoms with Crippen molar-refractivity contribution in [2.45, 2.75) is 32.9 Å². The number of aromatic amines is 1. The lowest BCUT2D eigenvalue weighted by Gasteiger charge is -2.20. The number of aliphatic hydroxyl groups excluding tert-OH is 2. The zero-order valence-corrected chi connectivity index (χ0v) is 14.5. The van der Waals surface area contributed by atoms with Crippen molar-refractivity contribution in [2.75, 3.05) is 13.4 Å². The number of rotatable bonds is 6. The first kappa shape index (κ1) is 18.2. The Labute approximate surface area is 148 Å². The number of aliphatic hydroxyl groups is 2. The van der Waals surface area contributed by atoms with Gasteiger partial charge in [-0.05, 0) is 43.5 Å². The highest BCUT2D eigenvalue weighted by atomic mass is 16.6. The second-order valence-corrected chi connectivity index (χ2v) is 6.17. The van der Waals surface area contributed by atoms with Gasteiger partial charge in [0.1, 0.15) is 6.79 Å². The second kappa shape index (κ2) is 7.32. The first-order chi connectivity index (χ1) is 12.4. The molecule has 3 rings (SSSR count). The quantitative estimate of drug-likeness (QED) is 0.318. The topological polar surface area (TPSA) is 130 Å². The van der Waals surface area contributed by atoms with Gasteiger partial charge in [0.25, 0.3) is 5.56 Å². The van der Waals surface area contributed by atoms with Crippen LogP contribution in [0.25, 0.3) is 22.6 Å². The van der Waals surface area contributed by atoms with Crippen molar-refractivity contribution in [2.24, 2.45) is 0 Å². The SMILES string of the molecule is Cc1cc2nc3c(=O)[nH]c(=O)nc-3n(CC(O)CCOCO)c2cc1C. The lowest BCUT2D eigenvalue weighted by atomic mass is 10.1. The number of hydrogen-bond donors (Lipinski definition) is 3. The van der Waals surface area contributed by atoms with Crippen molar-refractivity contribution >= 4 is 11.0 Å². The minimum absolute atomic E-state index is 0.0409. The minimum Gasteiger partial charge on any atom is -0.391 e. The molecule has 1 atom stereocenters. The van der Waals surface area contributed by atoms with E-state index in [9.17, 15) is 14.7 Å². The van der Waals surface area contributed by atoms with E-state index in [1.165, 1.54) is 0 Å². The highest BCUT2D eigenvalue weighted by molar-refractivity contribution is 5.81. The fourth-order valence-corrected chi connectivity index (χ4v) is 2.82. The molecule has 1 unspecified atom stereocenters. The molecule has 0 amide bonds. The highest BCUT2D eigenvalue weighted by Crippen LogP contribution is 2.24. The largest absolute Gasteiger partial charge is 0.391 e. The molecular formula is C17H20N4O5. The number of hydrogen-bond acceptors (Lipinski definition) is 7. The minimum atomic E-state index is -0.821. The maximum atomic E-state index is 12.2. The Morgan fingerprint density at radius 3 is 2.69 bits per heavy atom. The van der Waals surface area contributed by atoms with Crippen LogP contribution in [0.1, 0.15) is 17.5 Å². The zero-order valence-electron chi connectivity index (χ0n) is 14.5. The standard InChI is InChI=1S/C17H20N4O5/c1-9-5-12-13(6-10(9)2)21(7-11(23)3-4-26-8-22)15-14(18-12)16(24)20-17(25)19-15/h5-6,11,22-23H,3-4,7-8H2,1-2H3,(H,20,24,25). The summed E-state index contributed by atoms with van der Waals surface area (Å²) in [7, 11) is 0. The molecule has 3 N–H and O–H groups in total. The summed E-state index contributed by atoms with van der Waals surface area (Å²) < 4.78 is 6.47. The molecule has 0 bridgehead atoms. The molecule has 2 aliphatic heterocycles. The van der Waals surface area contributed by atoms with Gasteiger partial charge in [0.15, 0.2) is 11.5 Å². The van der Waals surface area contributed by atoms with E-state index in [0.29, 0.717) is 11.0 Å². The van der Waals surface area contributed by atoms with Gasteiger partial charge in [0.05, 0.1) is 30.3 Å². The molecule has 0 radical (unpaired) electrons. The monoisotopic (exact) mass is 360 g/mol. The van der Waals surface area contributed by atoms with Gasteiger partial charge < -0.3 is 19.5 Å². The summed E-state index contributed by atoms with van der Waals surface area (Å²) in [4.78, 5) is 34.2. The first-order valence-corrected chi connectivity index (χ1v) is 8.19. The summed E-state index contributed by atoms with van der Waals surface area (Å²) in [6.07, 6.45) is -0.546. The molecule has 0 aromatic heterocycles. The predicted octanol–water partition coefficient (Wildman–Crippen LogP) is -0.0812. The van der Waals surface area contributed by atoms with Gasteiger partial charge in [0.2, 0.25) is 0 Å². The second-order valence-electron chi connectivity index (χ2n) is 6.17. The van der Waals surface area contributed by atoms with Crippen LogP contribution in [0.3, 0.4) is 0 Å². The summed E-state index contributed by atoms with van der Waals surface area (Å²) in [5.74, 6) is 0.122. The molecule has 26 heavy (non-hydrogen) atoms. The summed E-state index contributed by atoms with van der Waals surface area (Å²) in [5.41, 5.74) is 1.92. The molecule has 0 saturated carbocycles. The zero-order chi connectivity index (χ0) is 18.8. The van der Waals surface area contributed by atoms with Crippen LogP contribution in [-0.2, 0) is 11.3 Å². The van der Waals surface area contributed by atoms with Crippen LogP contribution in [0.2, 0.25) is 0 Å². The molecule has 2 aliphatic rings. The highest BCUT2D eigenvalue weighted by Gasteiger charge is 2.20. The molecule has 0 spiro atoms. The molecule has 1 aromatic carbocycles. The van der Waals surface area contributed by atoms with E-state index >= 15 is 0 Å². The molecule has 0 saturated heterocycles. The number of H-pyrrole nitrogens is 1. The van der Waals surface area contributed by atoms with Gasteiger partial charge in [-0.2, -0.15) is 4.98 Å². The lowest BCUT2D eigenvalue weighted by molar-refractivity contribution is -0.0159. The normalized spacial score (nSPS) is 12.8. The van der Waals surface area contributed by atoms with E-state index in [1.54, 1.807) is 4.57 Å². The molecule has 9 nitrogen and oxygen atoms in total. The Kier molecular flexibility index (Phi) is 5.12. The van der Waals surface area contributed by atoms with Crippen molar-refractivity contribution in [1.29, 1.82) is 0 Å². The third kappa shape index (κ3) is 3.50. The van der Waals surface area contributed by atoms with Gasteiger partial charge in [-0.1, -0.05) is 0 Å². The summed E-state index contributed by atoms with van der Waals surface area (Å²) >= 11 is 0. The number of benzene rings is 1. The fourth-order valence-electron chi connectivity index (χ4n) is 2.82. The maximum Gasteiger partial charge on any atom is 0.349 e. The number of ether oxygens (including phenoxy) is 1. The van der Waals surface area contributed by atoms with Gasteiger partial charge in [0, 0.05) is 0 Å². The predicted molar refractivity (Wildman–Crippen MR) is 94.2 cm³/mol. The van der Waals surface area contributed by atoms with Gasteiger partial charge >= 0.3 is 5.69 Å². The third-order valence-electron chi connectivity index (χ3n) is 4.30. The van der Waals surface area contributed by atoms with Crippen LogP contribution in [-0.4, -0.2) is 49.2 Å². The number of fused-ring (bicyclic) bond motifs is 2. The van der Waals surface area contributed by atoms with Crippen LogP contribution in [0.4, 0.5) is 0 Å². The molecule has 2 heterocycles. The maximum absolute atomic E-state index is 12.2. The summed E-state index contributed by atoms with van der Waals surface area (Å²) in [5, 5.41) is 19.0. The molecule has 1 aromatic rings. The van der Waals surface area contributed by atoms with Crippen LogP contribution < -0.4 is 11.2 Å². The Morgan fingerprint density at radius 2 is 1.96 bits per heavy atom. The van der Waals surface area contributed by atoms with Crippen LogP contribution in [0.15, 0.2) is 21.7 Å². The van der Waals surface area contributed by atoms with E-state index in [0.717, 1.165) is 11.1 Å². The van der Waals surface area contributed by atoms with Crippen LogP contribution in [0, 0.1) is 13.8 Å². The number of nitrogens with one attached hydrogen (secondary N) is 1. The molecular weight excluding hydrogens is 340 g/mol. The van der Waals surface area contributed by atoms with E-state index in [4.69, 9.17) is 9.84 Å². The van der Waals surface area contributed by atoms with Crippen molar-refractivity contribution < 1.29 is 14.9 Å². The number of aromatic nitrogens is 4. The van der Waals surface area contributed by atoms with Crippen molar-refractivity contribution in [3.63, 3.8) is 0 Å². The first-order valence-electron chi connectivity index (χ1n) is 8.19. The number of aryl methyl sites for hydroxylation is 2. The smallest absolute Gasteiger partial charge is 0.349 e. The average Bonchev–Trinajstić information content (AvgIpc) is 2.57. The lowest BCUT2D eigenvalue weighted by Crippen LogP contribution is -2.30. The summed E-state index contributed by atoms with van der Waals surface area (Å²) in [6.45, 7) is 3.74. The fraction of sp³-hybridized carbons (Fsp3) is 0.412. The van der Waals surface area contributed by atoms with Crippen molar-refractivity contribution in [3.8, 4) is 11.5 Å². The van der Waals surface area contributed by atoms with Crippen molar-refractivity contribution in [3.05, 3.63) is 44.1 Å². The molecule has 0 fully saturated rings. The Hall–Kier alpha value is -2.62. The van der Waals surface area contributed by atoms with E-state index < -0.39 is 24.1 Å². The molecule has 138 valence electrons. The Morgan fingerprint density at radius 1 is 1.23 bits per heavy atom. The average molecular weight is 360 g/mol. The van der Waals surface area contributed by atoms with Gasteiger partial charge in [-0.3, -0.25) is 9.78 Å². The Balaban J connectivity index is 2.20. The van der Waals surface area contributed by atoms with Gasteiger partial charge in [-0.15, -0.1) is 0 Å². The third-order valence-corrected chi connectivity index (χ3v) is 4.30. The Bertz CT molecular complexity index is 1030. The molecule has 9 heteroatoms. The van der Waals surface area contributed by atoms with E-state index in [2.05, 4.69) is 15.0 Å². The van der Waals surface area contributed by atoms with Gasteiger partial charge in [-0.25, -0.2) is 9.78 Å².